The number of hydrogen-bond acceptors (Lipinski definition) is 6. The van der Waals surface area contributed by atoms with Crippen molar-refractivity contribution in [1.82, 2.24) is 29.6 Å². The Balaban J connectivity index is 1.24. The van der Waals surface area contributed by atoms with Crippen molar-refractivity contribution < 1.29 is 4.79 Å². The smallest absolute Gasteiger partial charge is 0.229 e. The van der Waals surface area contributed by atoms with Gasteiger partial charge in [0.1, 0.15) is 24.8 Å². The fourth-order valence-electron chi connectivity index (χ4n) is 3.73. The largest absolute Gasteiger partial charge is 0.355 e. The van der Waals surface area contributed by atoms with E-state index in [2.05, 4.69) is 43.1 Å². The summed E-state index contributed by atoms with van der Waals surface area (Å²) in [5.41, 5.74) is 2.62. The first-order valence-electron chi connectivity index (χ1n) is 9.05. The molecule has 1 fully saturated rings. The standard InChI is InChI=1S/C19H19N7O/c27-19(24-6-5-14-3-1-2-4-15(14)8-24)16-9-25(10-16)17-7-18(22-12-21-17)26-13-20-11-23-26/h1-4,7,11-13,16H,5-6,8-10H2. The number of aromatic nitrogens is 5. The minimum Gasteiger partial charge on any atom is -0.355 e. The Hall–Kier alpha value is -3.29. The predicted octanol–water partition coefficient (Wildman–Crippen LogP) is 1.08. The van der Waals surface area contributed by atoms with Crippen LogP contribution < -0.4 is 4.90 Å². The number of anilines is 1. The highest BCUT2D eigenvalue weighted by molar-refractivity contribution is 5.82. The van der Waals surface area contributed by atoms with E-state index in [1.165, 1.54) is 23.8 Å². The van der Waals surface area contributed by atoms with Crippen LogP contribution in [0.2, 0.25) is 0 Å². The lowest BCUT2D eigenvalue weighted by molar-refractivity contribution is -0.137. The number of rotatable bonds is 3. The molecular weight excluding hydrogens is 342 g/mol. The lowest BCUT2D eigenvalue weighted by atomic mass is 9.95. The van der Waals surface area contributed by atoms with Crippen molar-refractivity contribution in [2.24, 2.45) is 5.92 Å². The normalized spacial score (nSPS) is 16.7. The van der Waals surface area contributed by atoms with Crippen LogP contribution in [0.3, 0.4) is 0 Å². The molecule has 0 unspecified atom stereocenters. The molecule has 4 heterocycles. The van der Waals surface area contributed by atoms with Crippen molar-refractivity contribution in [3.05, 3.63) is 60.4 Å². The first-order chi connectivity index (χ1) is 13.3. The van der Waals surface area contributed by atoms with Gasteiger partial charge >= 0.3 is 0 Å². The monoisotopic (exact) mass is 361 g/mol. The van der Waals surface area contributed by atoms with Gasteiger partial charge in [0, 0.05) is 32.2 Å². The van der Waals surface area contributed by atoms with Crippen LogP contribution in [0, 0.1) is 5.92 Å². The van der Waals surface area contributed by atoms with Crippen LogP contribution in [0.1, 0.15) is 11.1 Å². The van der Waals surface area contributed by atoms with E-state index in [4.69, 9.17) is 0 Å². The molecule has 0 spiro atoms. The Morgan fingerprint density at radius 1 is 1.04 bits per heavy atom. The van der Waals surface area contributed by atoms with Crippen molar-refractivity contribution in [3.63, 3.8) is 0 Å². The zero-order valence-corrected chi connectivity index (χ0v) is 14.8. The lowest BCUT2D eigenvalue weighted by Gasteiger charge is -2.42. The summed E-state index contributed by atoms with van der Waals surface area (Å²) >= 11 is 0. The maximum absolute atomic E-state index is 12.9. The van der Waals surface area contributed by atoms with Crippen LogP contribution in [0.5, 0.6) is 0 Å². The van der Waals surface area contributed by atoms with Gasteiger partial charge < -0.3 is 9.80 Å². The molecule has 2 aliphatic heterocycles. The number of benzene rings is 1. The topological polar surface area (TPSA) is 80.0 Å². The molecule has 0 atom stereocenters. The Labute approximate surface area is 156 Å². The molecule has 8 heteroatoms. The summed E-state index contributed by atoms with van der Waals surface area (Å²) in [6.07, 6.45) is 5.52. The Kier molecular flexibility index (Phi) is 3.81. The predicted molar refractivity (Wildman–Crippen MR) is 98.2 cm³/mol. The summed E-state index contributed by atoms with van der Waals surface area (Å²) in [7, 11) is 0. The number of carbonyl (C=O) groups excluding carboxylic acids is 1. The molecule has 0 saturated carbocycles. The third-order valence-electron chi connectivity index (χ3n) is 5.29. The van der Waals surface area contributed by atoms with Crippen molar-refractivity contribution in [2.45, 2.75) is 13.0 Å². The number of hydrogen-bond donors (Lipinski definition) is 0. The van der Waals surface area contributed by atoms with Crippen molar-refractivity contribution in [1.29, 1.82) is 0 Å². The molecule has 27 heavy (non-hydrogen) atoms. The van der Waals surface area contributed by atoms with Gasteiger partial charge in [0.15, 0.2) is 5.82 Å². The van der Waals surface area contributed by atoms with Gasteiger partial charge in [0.05, 0.1) is 5.92 Å². The summed E-state index contributed by atoms with van der Waals surface area (Å²) in [5.74, 6) is 1.75. The Bertz CT molecular complexity index is 966. The second-order valence-electron chi connectivity index (χ2n) is 6.95. The average molecular weight is 361 g/mol. The zero-order valence-electron chi connectivity index (χ0n) is 14.8. The highest BCUT2D eigenvalue weighted by Crippen LogP contribution is 2.27. The average Bonchev–Trinajstić information content (AvgIpc) is 3.21. The van der Waals surface area contributed by atoms with Crippen molar-refractivity contribution in [2.75, 3.05) is 24.5 Å². The van der Waals surface area contributed by atoms with Gasteiger partial charge in [-0.3, -0.25) is 4.79 Å². The summed E-state index contributed by atoms with van der Waals surface area (Å²) in [4.78, 5) is 29.4. The summed E-state index contributed by atoms with van der Waals surface area (Å²) < 4.78 is 1.60. The molecule has 8 nitrogen and oxygen atoms in total. The molecule has 2 aliphatic rings. The van der Waals surface area contributed by atoms with E-state index < -0.39 is 0 Å². The van der Waals surface area contributed by atoms with Gasteiger partial charge in [0.2, 0.25) is 5.91 Å². The minimum absolute atomic E-state index is 0.0278. The van der Waals surface area contributed by atoms with Crippen molar-refractivity contribution >= 4 is 11.7 Å². The van der Waals surface area contributed by atoms with E-state index in [1.807, 2.05) is 17.0 Å². The zero-order chi connectivity index (χ0) is 18.2. The van der Waals surface area contributed by atoms with E-state index in [9.17, 15) is 4.79 Å². The van der Waals surface area contributed by atoms with Crippen LogP contribution in [-0.2, 0) is 17.8 Å². The molecule has 1 aromatic carbocycles. The quantitative estimate of drug-likeness (QED) is 0.694. The van der Waals surface area contributed by atoms with Gasteiger partial charge in [-0.05, 0) is 17.5 Å². The van der Waals surface area contributed by atoms with E-state index in [-0.39, 0.29) is 11.8 Å². The molecular formula is C19H19N7O. The summed E-state index contributed by atoms with van der Waals surface area (Å²) in [5, 5.41) is 4.09. The van der Waals surface area contributed by atoms with Crippen LogP contribution in [0.4, 0.5) is 5.82 Å². The molecule has 3 aromatic rings. The fourth-order valence-corrected chi connectivity index (χ4v) is 3.73. The van der Waals surface area contributed by atoms with E-state index >= 15 is 0 Å². The fraction of sp³-hybridized carbons (Fsp3) is 0.316. The Morgan fingerprint density at radius 3 is 2.67 bits per heavy atom. The lowest BCUT2D eigenvalue weighted by Crippen LogP contribution is -2.55. The van der Waals surface area contributed by atoms with Gasteiger partial charge in [-0.2, -0.15) is 5.10 Å². The molecule has 136 valence electrons. The van der Waals surface area contributed by atoms with E-state index in [0.717, 1.165) is 25.3 Å². The molecule has 2 aromatic heterocycles. The van der Waals surface area contributed by atoms with Gasteiger partial charge in [-0.15, -0.1) is 0 Å². The van der Waals surface area contributed by atoms with Crippen molar-refractivity contribution in [3.8, 4) is 5.82 Å². The molecule has 0 radical (unpaired) electrons. The second kappa shape index (κ2) is 6.46. The van der Waals surface area contributed by atoms with Crippen LogP contribution in [-0.4, -0.2) is 55.2 Å². The number of amides is 1. The van der Waals surface area contributed by atoms with Crippen LogP contribution in [0.25, 0.3) is 5.82 Å². The molecule has 1 amide bonds. The summed E-state index contributed by atoms with van der Waals surface area (Å²) in [6, 6.07) is 10.3. The maximum atomic E-state index is 12.9. The SMILES string of the molecule is O=C(C1CN(c2cc(-n3cncn3)ncn2)C1)N1CCc2ccccc2C1. The highest BCUT2D eigenvalue weighted by Gasteiger charge is 2.37. The summed E-state index contributed by atoms with van der Waals surface area (Å²) in [6.45, 7) is 2.89. The Morgan fingerprint density at radius 2 is 1.85 bits per heavy atom. The number of nitrogens with zero attached hydrogens (tertiary/aromatic N) is 7. The third kappa shape index (κ3) is 2.92. The van der Waals surface area contributed by atoms with Gasteiger partial charge in [-0.1, -0.05) is 24.3 Å². The maximum Gasteiger partial charge on any atom is 0.229 e. The second-order valence-corrected chi connectivity index (χ2v) is 6.95. The van der Waals surface area contributed by atoms with E-state index in [1.54, 1.807) is 11.0 Å². The highest BCUT2D eigenvalue weighted by atomic mass is 16.2. The first-order valence-corrected chi connectivity index (χ1v) is 9.05. The number of fused-ring (bicyclic) bond motifs is 1. The van der Waals surface area contributed by atoms with Crippen LogP contribution in [0.15, 0.2) is 49.3 Å². The van der Waals surface area contributed by atoms with Gasteiger partial charge in [-0.25, -0.2) is 19.6 Å². The van der Waals surface area contributed by atoms with Gasteiger partial charge in [0.25, 0.3) is 0 Å². The molecule has 1 saturated heterocycles. The first kappa shape index (κ1) is 15.9. The van der Waals surface area contributed by atoms with Crippen LogP contribution >= 0.6 is 0 Å². The molecule has 0 aliphatic carbocycles. The third-order valence-corrected chi connectivity index (χ3v) is 5.29. The van der Waals surface area contributed by atoms with E-state index in [0.29, 0.717) is 18.9 Å². The molecule has 5 rings (SSSR count). The minimum atomic E-state index is 0.0278. The molecule has 0 bridgehead atoms. The molecule has 0 N–H and O–H groups in total. The number of carbonyl (C=O) groups is 1.